The van der Waals surface area contributed by atoms with Crippen molar-refractivity contribution in [3.63, 3.8) is 0 Å². The van der Waals surface area contributed by atoms with Crippen LogP contribution in [0.4, 0.5) is 9.18 Å². The van der Waals surface area contributed by atoms with Crippen LogP contribution in [0, 0.1) is 18.2 Å². The van der Waals surface area contributed by atoms with Gasteiger partial charge in [-0.15, -0.1) is 6.42 Å². The number of hydrogen-bond acceptors (Lipinski definition) is 2. The number of halogens is 1. The van der Waals surface area contributed by atoms with Gasteiger partial charge in [0.05, 0.1) is 6.04 Å². The van der Waals surface area contributed by atoms with Crippen LogP contribution in [0.25, 0.3) is 0 Å². The van der Waals surface area contributed by atoms with E-state index >= 15 is 0 Å². The van der Waals surface area contributed by atoms with Crippen LogP contribution in [-0.4, -0.2) is 28.3 Å². The number of terminal acetylenes is 1. The molecule has 2 unspecified atom stereocenters. The Kier molecular flexibility index (Phi) is 3.49. The number of carbonyl (C=O) groups is 1. The third-order valence-corrected chi connectivity index (χ3v) is 3.57. The fourth-order valence-electron chi connectivity index (χ4n) is 2.50. The molecule has 2 rings (SSSR count). The van der Waals surface area contributed by atoms with Crippen molar-refractivity contribution in [3.05, 3.63) is 35.6 Å². The van der Waals surface area contributed by atoms with Gasteiger partial charge in [-0.25, -0.2) is 9.18 Å². The zero-order chi connectivity index (χ0) is 14.9. The van der Waals surface area contributed by atoms with Gasteiger partial charge >= 0.3 is 6.03 Å². The van der Waals surface area contributed by atoms with Gasteiger partial charge in [0.15, 0.2) is 0 Å². The predicted octanol–water partition coefficient (Wildman–Crippen LogP) is 1.94. The number of hydrogen-bond donors (Lipinski definition) is 1. The molecule has 1 heterocycles. The van der Waals surface area contributed by atoms with E-state index in [0.29, 0.717) is 6.42 Å². The number of carbonyl (C=O) groups excluding carboxylic acids is 1. The number of amidine groups is 1. The van der Waals surface area contributed by atoms with Gasteiger partial charge in [-0.1, -0.05) is 18.1 Å². The van der Waals surface area contributed by atoms with E-state index < -0.39 is 17.6 Å². The zero-order valence-corrected chi connectivity index (χ0v) is 11.4. The van der Waals surface area contributed by atoms with Crippen molar-refractivity contribution in [2.45, 2.75) is 31.8 Å². The summed E-state index contributed by atoms with van der Waals surface area (Å²) >= 11 is 0. The molecule has 0 saturated heterocycles. The molecule has 0 aromatic heterocycles. The topological polar surface area (TPSA) is 58.7 Å². The first-order valence-corrected chi connectivity index (χ1v) is 6.27. The Morgan fingerprint density at radius 2 is 2.30 bits per heavy atom. The van der Waals surface area contributed by atoms with E-state index in [1.54, 1.807) is 26.0 Å². The second kappa shape index (κ2) is 4.97. The van der Waals surface area contributed by atoms with E-state index in [2.05, 4.69) is 10.9 Å². The van der Waals surface area contributed by atoms with Crippen LogP contribution in [0.1, 0.15) is 19.4 Å². The molecule has 0 radical (unpaired) electrons. The van der Waals surface area contributed by atoms with Crippen LogP contribution in [0.15, 0.2) is 29.3 Å². The summed E-state index contributed by atoms with van der Waals surface area (Å²) in [4.78, 5) is 17.2. The van der Waals surface area contributed by atoms with Gasteiger partial charge < -0.3 is 5.73 Å². The van der Waals surface area contributed by atoms with Crippen molar-refractivity contribution in [2.24, 2.45) is 10.7 Å². The van der Waals surface area contributed by atoms with Gasteiger partial charge in [0.1, 0.15) is 17.2 Å². The lowest BCUT2D eigenvalue weighted by atomic mass is 9.89. The average Bonchev–Trinajstić information content (AvgIpc) is 2.59. The van der Waals surface area contributed by atoms with Gasteiger partial charge in [-0.05, 0) is 31.5 Å². The summed E-state index contributed by atoms with van der Waals surface area (Å²) in [5, 5.41) is 0. The summed E-state index contributed by atoms with van der Waals surface area (Å²) in [5.74, 6) is 2.38. The molecule has 1 aromatic rings. The number of benzene rings is 1. The summed E-state index contributed by atoms with van der Waals surface area (Å²) in [6, 6.07) is 5.29. The first-order chi connectivity index (χ1) is 9.38. The molecule has 4 nitrogen and oxygen atoms in total. The van der Waals surface area contributed by atoms with Crippen molar-refractivity contribution >= 4 is 11.9 Å². The smallest absolute Gasteiger partial charge is 0.347 e. The van der Waals surface area contributed by atoms with Crippen molar-refractivity contribution in [2.75, 3.05) is 0 Å². The van der Waals surface area contributed by atoms with E-state index in [9.17, 15) is 9.18 Å². The molecule has 0 saturated carbocycles. The van der Waals surface area contributed by atoms with Gasteiger partial charge in [-0.2, -0.15) is 4.99 Å². The third-order valence-electron chi connectivity index (χ3n) is 3.57. The van der Waals surface area contributed by atoms with Crippen molar-refractivity contribution < 1.29 is 9.18 Å². The maximum Gasteiger partial charge on any atom is 0.347 e. The lowest BCUT2D eigenvalue weighted by Crippen LogP contribution is -2.56. The Balaban J connectivity index is 2.38. The van der Waals surface area contributed by atoms with E-state index in [-0.39, 0.29) is 11.7 Å². The Morgan fingerprint density at radius 3 is 2.90 bits per heavy atom. The highest BCUT2D eigenvalue weighted by Crippen LogP contribution is 2.29. The van der Waals surface area contributed by atoms with E-state index in [4.69, 9.17) is 12.2 Å². The van der Waals surface area contributed by atoms with Gasteiger partial charge in [0, 0.05) is 6.42 Å². The minimum absolute atomic E-state index is 0.203. The largest absolute Gasteiger partial charge is 0.385 e. The van der Waals surface area contributed by atoms with Gasteiger partial charge in [0.25, 0.3) is 0 Å². The molecule has 2 amide bonds. The van der Waals surface area contributed by atoms with E-state index in [0.717, 1.165) is 5.56 Å². The molecule has 2 atom stereocenters. The molecule has 104 valence electrons. The van der Waals surface area contributed by atoms with E-state index in [1.807, 2.05) is 0 Å². The maximum atomic E-state index is 13.3. The molecule has 0 fully saturated rings. The molecule has 2 N–H and O–H groups in total. The van der Waals surface area contributed by atoms with Crippen molar-refractivity contribution in [1.82, 2.24) is 4.90 Å². The quantitative estimate of drug-likeness (QED) is 0.856. The summed E-state index contributed by atoms with van der Waals surface area (Å²) in [5.41, 5.74) is 5.79. The molecule has 0 bridgehead atoms. The molecule has 1 aliphatic heterocycles. The monoisotopic (exact) mass is 273 g/mol. The fraction of sp³-hybridized carbons (Fsp3) is 0.333. The Labute approximate surface area is 117 Å². The van der Waals surface area contributed by atoms with E-state index in [1.165, 1.54) is 17.0 Å². The number of aliphatic imine (C=N–C) groups is 1. The first kappa shape index (κ1) is 14.1. The third kappa shape index (κ3) is 2.25. The van der Waals surface area contributed by atoms with Crippen LogP contribution in [0.3, 0.4) is 0 Å². The molecular weight excluding hydrogens is 257 g/mol. The van der Waals surface area contributed by atoms with Crippen LogP contribution < -0.4 is 5.73 Å². The number of amides is 2. The van der Waals surface area contributed by atoms with Crippen molar-refractivity contribution in [1.29, 1.82) is 0 Å². The molecule has 1 aliphatic rings. The maximum absolute atomic E-state index is 13.3. The minimum Gasteiger partial charge on any atom is -0.385 e. The number of nitrogens with zero attached hydrogens (tertiary/aromatic N) is 2. The molecule has 1 aromatic carbocycles. The number of urea groups is 1. The highest BCUT2D eigenvalue weighted by atomic mass is 19.1. The average molecular weight is 273 g/mol. The zero-order valence-electron chi connectivity index (χ0n) is 11.4. The van der Waals surface area contributed by atoms with Crippen LogP contribution in [0.2, 0.25) is 0 Å². The van der Waals surface area contributed by atoms with Crippen LogP contribution in [-0.2, 0) is 6.42 Å². The molecule has 20 heavy (non-hydrogen) atoms. The second-order valence-electron chi connectivity index (χ2n) is 5.07. The predicted molar refractivity (Wildman–Crippen MR) is 75.7 cm³/mol. The minimum atomic E-state index is -0.837. The van der Waals surface area contributed by atoms with Crippen LogP contribution >= 0.6 is 0 Å². The molecule has 0 spiro atoms. The summed E-state index contributed by atoms with van der Waals surface area (Å²) in [6.45, 7) is 3.52. The number of rotatable bonds is 3. The highest BCUT2D eigenvalue weighted by Gasteiger charge is 2.46. The molecular formula is C15H16FN3O. The first-order valence-electron chi connectivity index (χ1n) is 6.27. The summed E-state index contributed by atoms with van der Waals surface area (Å²) in [6.07, 6.45) is 5.76. The lowest BCUT2D eigenvalue weighted by Gasteiger charge is -2.37. The molecule has 0 aliphatic carbocycles. The normalized spacial score (nSPS) is 23.4. The Bertz CT molecular complexity index is 620. The lowest BCUT2D eigenvalue weighted by molar-refractivity contribution is 0.166. The van der Waals surface area contributed by atoms with Gasteiger partial charge in [0.2, 0.25) is 0 Å². The molecule has 5 heteroatoms. The Hall–Kier alpha value is -2.35. The Morgan fingerprint density at radius 1 is 1.60 bits per heavy atom. The van der Waals surface area contributed by atoms with Crippen LogP contribution in [0.5, 0.6) is 0 Å². The SMILES string of the molecule is C#CC(C)N1C(=O)N=C(N)C1(C)Cc1cccc(F)c1. The second-order valence-corrected chi connectivity index (χ2v) is 5.07. The summed E-state index contributed by atoms with van der Waals surface area (Å²) in [7, 11) is 0. The van der Waals surface area contributed by atoms with Gasteiger partial charge in [-0.3, -0.25) is 4.90 Å². The summed E-state index contributed by atoms with van der Waals surface area (Å²) < 4.78 is 13.3. The van der Waals surface area contributed by atoms with Crippen molar-refractivity contribution in [3.8, 4) is 12.3 Å². The fourth-order valence-corrected chi connectivity index (χ4v) is 2.50. The number of nitrogens with two attached hydrogens (primary N) is 1. The highest BCUT2D eigenvalue weighted by molar-refractivity contribution is 6.06. The standard InChI is InChI=1S/C15H16FN3O/c1-4-10(2)19-14(20)18-13(17)15(19,3)9-11-6-5-7-12(16)8-11/h1,5-8,10H,9H2,2-3H3,(H2,17,18,20).